The van der Waals surface area contributed by atoms with Crippen LogP contribution in [0.1, 0.15) is 29.0 Å². The molecule has 1 unspecified atom stereocenters. The van der Waals surface area contributed by atoms with E-state index in [2.05, 4.69) is 15.1 Å². The summed E-state index contributed by atoms with van der Waals surface area (Å²) < 4.78 is 5.26. The van der Waals surface area contributed by atoms with Gasteiger partial charge in [0.05, 0.1) is 12.5 Å². The van der Waals surface area contributed by atoms with Crippen LogP contribution in [-0.4, -0.2) is 15.1 Å². The zero-order valence-corrected chi connectivity index (χ0v) is 11.5. The van der Waals surface area contributed by atoms with Crippen LogP contribution in [0.4, 0.5) is 0 Å². The number of nitrogens with two attached hydrogens (primary N) is 1. The highest BCUT2D eigenvalue weighted by Crippen LogP contribution is 2.15. The van der Waals surface area contributed by atoms with Crippen molar-refractivity contribution in [3.8, 4) is 0 Å². The Morgan fingerprint density at radius 3 is 2.62 bits per heavy atom. The molecule has 0 radical (unpaired) electrons. The van der Waals surface area contributed by atoms with Crippen molar-refractivity contribution >= 4 is 0 Å². The van der Waals surface area contributed by atoms with Gasteiger partial charge in [-0.25, -0.2) is 0 Å². The summed E-state index contributed by atoms with van der Waals surface area (Å²) in [6, 6.07) is 15.5. The van der Waals surface area contributed by atoms with E-state index in [4.69, 9.17) is 10.3 Å². The summed E-state index contributed by atoms with van der Waals surface area (Å²) in [5.41, 5.74) is 8.17. The molecule has 5 heteroatoms. The molecule has 5 nitrogen and oxygen atoms in total. The van der Waals surface area contributed by atoms with Crippen LogP contribution >= 0.6 is 0 Å². The van der Waals surface area contributed by atoms with Gasteiger partial charge in [-0.2, -0.15) is 4.98 Å². The third-order valence-corrected chi connectivity index (χ3v) is 3.16. The first-order valence-corrected chi connectivity index (χ1v) is 6.83. The molecule has 0 aliphatic rings. The number of pyridine rings is 1. The summed E-state index contributed by atoms with van der Waals surface area (Å²) in [6.45, 7) is 0. The van der Waals surface area contributed by atoms with E-state index in [1.165, 1.54) is 0 Å². The molecular formula is C16H16N4O. The van der Waals surface area contributed by atoms with Gasteiger partial charge < -0.3 is 10.3 Å². The van der Waals surface area contributed by atoms with Crippen LogP contribution in [0.2, 0.25) is 0 Å². The number of benzene rings is 1. The van der Waals surface area contributed by atoms with Crippen molar-refractivity contribution in [3.63, 3.8) is 0 Å². The van der Waals surface area contributed by atoms with Gasteiger partial charge in [-0.1, -0.05) is 41.6 Å². The standard InChI is InChI=1S/C16H16N4O/c17-14(10-12-6-2-1-3-7-12)16-19-15(20-21-16)11-13-8-4-5-9-18-13/h1-9,14H,10-11,17H2. The van der Waals surface area contributed by atoms with Crippen LogP contribution in [-0.2, 0) is 12.8 Å². The molecule has 0 saturated carbocycles. The fraction of sp³-hybridized carbons (Fsp3) is 0.188. The third-order valence-electron chi connectivity index (χ3n) is 3.16. The molecule has 0 fully saturated rings. The van der Waals surface area contributed by atoms with E-state index in [0.29, 0.717) is 24.6 Å². The maximum atomic E-state index is 6.12. The molecule has 3 aromatic rings. The Labute approximate surface area is 122 Å². The highest BCUT2D eigenvalue weighted by atomic mass is 16.5. The highest BCUT2D eigenvalue weighted by Gasteiger charge is 2.15. The van der Waals surface area contributed by atoms with Gasteiger partial charge in [0.2, 0.25) is 5.89 Å². The Kier molecular flexibility index (Phi) is 4.02. The van der Waals surface area contributed by atoms with Gasteiger partial charge in [0, 0.05) is 11.9 Å². The molecule has 2 heterocycles. The molecule has 0 bridgehead atoms. The van der Waals surface area contributed by atoms with E-state index >= 15 is 0 Å². The number of hydrogen-bond donors (Lipinski definition) is 1. The number of hydrogen-bond acceptors (Lipinski definition) is 5. The number of aromatic nitrogens is 3. The fourth-order valence-electron chi connectivity index (χ4n) is 2.11. The van der Waals surface area contributed by atoms with Crippen LogP contribution in [0.5, 0.6) is 0 Å². The lowest BCUT2D eigenvalue weighted by molar-refractivity contribution is 0.350. The lowest BCUT2D eigenvalue weighted by atomic mass is 10.1. The summed E-state index contributed by atoms with van der Waals surface area (Å²) in [7, 11) is 0. The molecule has 0 amide bonds. The molecule has 21 heavy (non-hydrogen) atoms. The lowest BCUT2D eigenvalue weighted by Crippen LogP contribution is -2.13. The summed E-state index contributed by atoms with van der Waals surface area (Å²) in [5.74, 6) is 1.07. The van der Waals surface area contributed by atoms with Gasteiger partial charge in [-0.15, -0.1) is 0 Å². The van der Waals surface area contributed by atoms with E-state index < -0.39 is 0 Å². The summed E-state index contributed by atoms with van der Waals surface area (Å²) in [4.78, 5) is 8.60. The van der Waals surface area contributed by atoms with Crippen molar-refractivity contribution in [2.75, 3.05) is 0 Å². The Bertz CT molecular complexity index is 682. The Morgan fingerprint density at radius 2 is 1.86 bits per heavy atom. The summed E-state index contributed by atoms with van der Waals surface area (Å²) in [6.07, 6.45) is 2.96. The third kappa shape index (κ3) is 3.52. The van der Waals surface area contributed by atoms with Gasteiger partial charge in [0.1, 0.15) is 0 Å². The Balaban J connectivity index is 1.67. The van der Waals surface area contributed by atoms with Crippen molar-refractivity contribution < 1.29 is 4.52 Å². The van der Waals surface area contributed by atoms with Crippen LogP contribution in [0, 0.1) is 0 Å². The van der Waals surface area contributed by atoms with Crippen LogP contribution in [0.25, 0.3) is 0 Å². The molecule has 0 spiro atoms. The topological polar surface area (TPSA) is 77.8 Å². The molecule has 0 saturated heterocycles. The van der Waals surface area contributed by atoms with Gasteiger partial charge >= 0.3 is 0 Å². The molecule has 1 aromatic carbocycles. The molecule has 1 atom stereocenters. The minimum absolute atomic E-state index is 0.294. The monoisotopic (exact) mass is 280 g/mol. The van der Waals surface area contributed by atoms with Crippen LogP contribution < -0.4 is 5.73 Å². The molecule has 0 aliphatic heterocycles. The number of rotatable bonds is 5. The average Bonchev–Trinajstić information content (AvgIpc) is 2.98. The maximum absolute atomic E-state index is 6.12. The zero-order valence-electron chi connectivity index (χ0n) is 11.5. The second kappa shape index (κ2) is 6.28. The summed E-state index contributed by atoms with van der Waals surface area (Å²) >= 11 is 0. The second-order valence-corrected chi connectivity index (χ2v) is 4.84. The van der Waals surface area contributed by atoms with E-state index in [1.54, 1.807) is 6.20 Å². The van der Waals surface area contributed by atoms with Crippen molar-refractivity contribution in [2.24, 2.45) is 5.73 Å². The molecule has 0 aliphatic carbocycles. The predicted molar refractivity (Wildman–Crippen MR) is 78.4 cm³/mol. The van der Waals surface area contributed by atoms with E-state index in [1.807, 2.05) is 48.5 Å². The molecule has 106 valence electrons. The van der Waals surface area contributed by atoms with Crippen LogP contribution in [0.3, 0.4) is 0 Å². The lowest BCUT2D eigenvalue weighted by Gasteiger charge is -2.05. The Morgan fingerprint density at radius 1 is 1.05 bits per heavy atom. The van der Waals surface area contributed by atoms with Crippen molar-refractivity contribution in [1.82, 2.24) is 15.1 Å². The van der Waals surface area contributed by atoms with Crippen molar-refractivity contribution in [1.29, 1.82) is 0 Å². The first-order chi connectivity index (χ1) is 10.3. The van der Waals surface area contributed by atoms with Gasteiger partial charge in [-0.3, -0.25) is 4.98 Å². The van der Waals surface area contributed by atoms with Crippen LogP contribution in [0.15, 0.2) is 59.3 Å². The largest absolute Gasteiger partial charge is 0.338 e. The average molecular weight is 280 g/mol. The molecule has 2 N–H and O–H groups in total. The fourth-order valence-corrected chi connectivity index (χ4v) is 2.11. The second-order valence-electron chi connectivity index (χ2n) is 4.84. The van der Waals surface area contributed by atoms with Gasteiger partial charge in [0.25, 0.3) is 0 Å². The van der Waals surface area contributed by atoms with E-state index in [9.17, 15) is 0 Å². The van der Waals surface area contributed by atoms with Gasteiger partial charge in [-0.05, 0) is 24.1 Å². The maximum Gasteiger partial charge on any atom is 0.243 e. The zero-order chi connectivity index (χ0) is 14.5. The molecule has 3 rings (SSSR count). The molecule has 2 aromatic heterocycles. The minimum atomic E-state index is -0.294. The van der Waals surface area contributed by atoms with Crippen molar-refractivity contribution in [3.05, 3.63) is 77.7 Å². The van der Waals surface area contributed by atoms with Gasteiger partial charge in [0.15, 0.2) is 5.82 Å². The van der Waals surface area contributed by atoms with Crippen molar-refractivity contribution in [2.45, 2.75) is 18.9 Å². The quantitative estimate of drug-likeness (QED) is 0.776. The smallest absolute Gasteiger partial charge is 0.243 e. The summed E-state index contributed by atoms with van der Waals surface area (Å²) in [5, 5.41) is 3.97. The first-order valence-electron chi connectivity index (χ1n) is 6.83. The normalized spacial score (nSPS) is 12.2. The minimum Gasteiger partial charge on any atom is -0.338 e. The highest BCUT2D eigenvalue weighted by molar-refractivity contribution is 5.17. The Hall–Kier alpha value is -2.53. The van der Waals surface area contributed by atoms with E-state index in [0.717, 1.165) is 11.3 Å². The predicted octanol–water partition coefficient (Wildman–Crippen LogP) is 2.30. The first kappa shape index (κ1) is 13.5. The molecular weight excluding hydrogens is 264 g/mol. The van der Waals surface area contributed by atoms with E-state index in [-0.39, 0.29) is 6.04 Å². The number of nitrogens with zero attached hydrogens (tertiary/aromatic N) is 3. The SMILES string of the molecule is NC(Cc1ccccc1)c1nc(Cc2ccccn2)no1.